The van der Waals surface area contributed by atoms with E-state index in [-0.39, 0.29) is 22.3 Å². The lowest BCUT2D eigenvalue weighted by Gasteiger charge is -2.39. The lowest BCUT2D eigenvalue weighted by Crippen LogP contribution is -2.55. The van der Waals surface area contributed by atoms with E-state index in [2.05, 4.69) is 15.3 Å². The van der Waals surface area contributed by atoms with Crippen molar-refractivity contribution in [3.8, 4) is 0 Å². The molecule has 3 heterocycles. The number of carbonyl (C=O) groups is 2. The van der Waals surface area contributed by atoms with Gasteiger partial charge in [0.2, 0.25) is 0 Å². The number of hydrogen-bond donors (Lipinski definition) is 1. The number of aromatic nitrogens is 2. The Morgan fingerprint density at radius 3 is 1.77 bits per heavy atom. The predicted octanol–water partition coefficient (Wildman–Crippen LogP) is 9.10. The Hall–Kier alpha value is -3.86. The van der Waals surface area contributed by atoms with E-state index in [1.54, 1.807) is 48.8 Å². The molecule has 12 heteroatoms. The second-order valence-corrected chi connectivity index (χ2v) is 12.4. The Labute approximate surface area is 264 Å². The van der Waals surface area contributed by atoms with Gasteiger partial charge in [-0.05, 0) is 83.6 Å². The molecule has 2 unspecified atom stereocenters. The molecule has 1 aliphatic rings. The molecular weight excluding hydrogens is 632 g/mol. The maximum atomic E-state index is 14.8. The first-order valence-corrected chi connectivity index (χ1v) is 15.1. The largest absolute Gasteiger partial charge is 0.446 e. The average molecular weight is 656 g/mol. The van der Waals surface area contributed by atoms with Crippen LogP contribution in [0.1, 0.15) is 36.8 Å². The molecule has 0 saturated carbocycles. The van der Waals surface area contributed by atoms with Gasteiger partial charge in [0.15, 0.2) is 0 Å². The van der Waals surface area contributed by atoms with Crippen molar-refractivity contribution in [3.63, 3.8) is 0 Å². The number of carbonyl (C=O) groups excluding carboxylic acids is 2. The number of thioether (sulfide) groups is 1. The molecule has 2 atom stereocenters. The molecule has 224 valence electrons. The fourth-order valence-corrected chi connectivity index (χ4v) is 7.24. The van der Waals surface area contributed by atoms with Gasteiger partial charge >= 0.3 is 11.5 Å². The predicted molar refractivity (Wildman–Crippen MR) is 167 cm³/mol. The van der Waals surface area contributed by atoms with E-state index >= 15 is 0 Å². The molecule has 6 rings (SSSR count). The number of fused-ring (bicyclic) bond motifs is 2. The minimum Gasteiger partial charge on any atom is -0.322 e. The van der Waals surface area contributed by atoms with Gasteiger partial charge in [-0.25, -0.2) is 9.69 Å². The summed E-state index contributed by atoms with van der Waals surface area (Å²) >= 11 is 13.1. The molecule has 2 aromatic heterocycles. The van der Waals surface area contributed by atoms with Gasteiger partial charge in [-0.3, -0.25) is 14.8 Å². The van der Waals surface area contributed by atoms with Crippen molar-refractivity contribution in [3.05, 3.63) is 106 Å². The number of imide groups is 1. The Morgan fingerprint density at radius 2 is 1.30 bits per heavy atom. The number of rotatable bonds is 6. The molecule has 0 spiro atoms. The van der Waals surface area contributed by atoms with Gasteiger partial charge in [0.1, 0.15) is 5.54 Å². The standard InChI is InChI=1S/C32H23Cl2F3N4O2S/c1-17(21-13-15-38-25-7-3-5-23(33)27(21)25)31(18(2)22-14-16-39-26-8-4-6-24(34)28(22)26)29(42)41(30(43)40-31)19-9-11-20(12-10-19)44-32(35,36)37/h3-18H,1-2H3,(H,40,43). The zero-order valence-electron chi connectivity index (χ0n) is 23.2. The zero-order chi connectivity index (χ0) is 31.4. The summed E-state index contributed by atoms with van der Waals surface area (Å²) in [5, 5.41) is 5.16. The number of amides is 3. The minimum absolute atomic E-state index is 0.0721. The van der Waals surface area contributed by atoms with Crippen LogP contribution in [0.15, 0.2) is 90.1 Å². The second kappa shape index (κ2) is 11.3. The summed E-state index contributed by atoms with van der Waals surface area (Å²) in [5.41, 5.74) is -3.32. The van der Waals surface area contributed by atoms with Crippen molar-refractivity contribution >= 4 is 74.4 Å². The van der Waals surface area contributed by atoms with Crippen molar-refractivity contribution in [2.24, 2.45) is 0 Å². The summed E-state index contributed by atoms with van der Waals surface area (Å²) in [7, 11) is 0. The number of anilines is 1. The number of nitrogens with one attached hydrogen (secondary N) is 1. The lowest BCUT2D eigenvalue weighted by molar-refractivity contribution is -0.123. The first kappa shape index (κ1) is 30.2. The van der Waals surface area contributed by atoms with Crippen LogP contribution in [0.2, 0.25) is 10.0 Å². The molecule has 1 saturated heterocycles. The molecule has 1 fully saturated rings. The van der Waals surface area contributed by atoms with Gasteiger partial charge in [0, 0.05) is 39.9 Å². The van der Waals surface area contributed by atoms with Gasteiger partial charge in [0.05, 0.1) is 26.8 Å². The van der Waals surface area contributed by atoms with Crippen LogP contribution in [0, 0.1) is 0 Å². The van der Waals surface area contributed by atoms with Crippen LogP contribution in [0.25, 0.3) is 21.8 Å². The Kier molecular flexibility index (Phi) is 7.72. The summed E-state index contributed by atoms with van der Waals surface area (Å²) in [4.78, 5) is 38.4. The van der Waals surface area contributed by atoms with Crippen molar-refractivity contribution in [1.29, 1.82) is 0 Å². The van der Waals surface area contributed by atoms with Gasteiger partial charge in [-0.1, -0.05) is 49.2 Å². The molecular formula is C32H23Cl2F3N4O2S. The fraction of sp³-hybridized carbons (Fsp3) is 0.188. The van der Waals surface area contributed by atoms with Crippen LogP contribution in [0.4, 0.5) is 23.7 Å². The molecule has 0 bridgehead atoms. The summed E-state index contributed by atoms with van der Waals surface area (Å²) in [5.74, 6) is -1.92. The summed E-state index contributed by atoms with van der Waals surface area (Å²) in [6, 6.07) is 18.6. The number of alkyl halides is 3. The van der Waals surface area contributed by atoms with Gasteiger partial charge in [-0.15, -0.1) is 0 Å². The van der Waals surface area contributed by atoms with Crippen LogP contribution in [-0.2, 0) is 4.79 Å². The van der Waals surface area contributed by atoms with Crippen LogP contribution in [0.5, 0.6) is 0 Å². The van der Waals surface area contributed by atoms with Gasteiger partial charge in [0.25, 0.3) is 5.91 Å². The Morgan fingerprint density at radius 1 is 0.795 bits per heavy atom. The highest BCUT2D eigenvalue weighted by molar-refractivity contribution is 8.00. The van der Waals surface area contributed by atoms with Crippen LogP contribution >= 0.6 is 35.0 Å². The molecule has 1 N–H and O–H groups in total. The average Bonchev–Trinajstić information content (AvgIpc) is 3.26. The number of urea groups is 1. The second-order valence-electron chi connectivity index (χ2n) is 10.5. The fourth-order valence-electron chi connectivity index (χ4n) is 6.14. The van der Waals surface area contributed by atoms with Crippen molar-refractivity contribution in [1.82, 2.24) is 15.3 Å². The van der Waals surface area contributed by atoms with E-state index in [0.717, 1.165) is 4.90 Å². The van der Waals surface area contributed by atoms with E-state index < -0.39 is 34.8 Å². The van der Waals surface area contributed by atoms with Crippen molar-refractivity contribution < 1.29 is 22.8 Å². The molecule has 44 heavy (non-hydrogen) atoms. The lowest BCUT2D eigenvalue weighted by atomic mass is 9.68. The number of pyridine rings is 2. The number of nitrogens with zero attached hydrogens (tertiary/aromatic N) is 3. The summed E-state index contributed by atoms with van der Waals surface area (Å²) in [6.45, 7) is 3.68. The van der Waals surface area contributed by atoms with Crippen molar-refractivity contribution in [2.75, 3.05) is 4.90 Å². The maximum Gasteiger partial charge on any atom is 0.446 e. The number of hydrogen-bond acceptors (Lipinski definition) is 5. The van der Waals surface area contributed by atoms with Gasteiger partial charge in [-0.2, -0.15) is 13.2 Å². The highest BCUT2D eigenvalue weighted by Crippen LogP contribution is 2.48. The van der Waals surface area contributed by atoms with Gasteiger partial charge < -0.3 is 5.32 Å². The smallest absolute Gasteiger partial charge is 0.322 e. The summed E-state index contributed by atoms with van der Waals surface area (Å²) < 4.78 is 38.9. The normalized spacial score (nSPS) is 18.6. The highest BCUT2D eigenvalue weighted by Gasteiger charge is 2.59. The monoisotopic (exact) mass is 654 g/mol. The Bertz CT molecular complexity index is 1840. The number of halogens is 5. The summed E-state index contributed by atoms with van der Waals surface area (Å²) in [6.07, 6.45) is 3.25. The third-order valence-electron chi connectivity index (χ3n) is 8.20. The maximum absolute atomic E-state index is 14.8. The molecule has 3 aromatic carbocycles. The van der Waals surface area contributed by atoms with Crippen LogP contribution in [-0.4, -0.2) is 33.0 Å². The highest BCUT2D eigenvalue weighted by atomic mass is 35.5. The van der Waals surface area contributed by atoms with E-state index in [4.69, 9.17) is 23.2 Å². The van der Waals surface area contributed by atoms with E-state index in [1.165, 1.54) is 24.3 Å². The number of benzene rings is 3. The topological polar surface area (TPSA) is 75.2 Å². The zero-order valence-corrected chi connectivity index (χ0v) is 25.5. The molecule has 0 radical (unpaired) electrons. The third kappa shape index (κ3) is 5.04. The van der Waals surface area contributed by atoms with Crippen LogP contribution < -0.4 is 10.2 Å². The molecule has 1 aliphatic heterocycles. The third-order valence-corrected chi connectivity index (χ3v) is 9.57. The van der Waals surface area contributed by atoms with E-state index in [1.807, 2.05) is 26.0 Å². The van der Waals surface area contributed by atoms with Crippen molar-refractivity contribution in [2.45, 2.75) is 41.6 Å². The molecule has 5 aromatic rings. The first-order valence-electron chi connectivity index (χ1n) is 13.5. The minimum atomic E-state index is -4.48. The quantitative estimate of drug-likeness (QED) is 0.146. The van der Waals surface area contributed by atoms with E-state index in [9.17, 15) is 22.8 Å². The molecule has 6 nitrogen and oxygen atoms in total. The first-order chi connectivity index (χ1) is 20.9. The van der Waals surface area contributed by atoms with Crippen LogP contribution in [0.3, 0.4) is 0 Å². The molecule has 0 aliphatic carbocycles. The SMILES string of the molecule is CC(c1ccnc2cccc(Cl)c12)C1(C(C)c2ccnc3cccc(Cl)c23)NC(=O)N(c2ccc(SC(F)(F)F)cc2)C1=O. The molecule has 3 amide bonds. The van der Waals surface area contributed by atoms with E-state index in [0.29, 0.717) is 43.0 Å². The Balaban J connectivity index is 1.54.